The molecule has 0 bridgehead atoms. The summed E-state index contributed by atoms with van der Waals surface area (Å²) >= 11 is 0. The summed E-state index contributed by atoms with van der Waals surface area (Å²) in [6.45, 7) is 6.95. The number of anilines is 2. The van der Waals surface area contributed by atoms with E-state index < -0.39 is 11.6 Å². The highest BCUT2D eigenvalue weighted by molar-refractivity contribution is 5.98. The lowest BCUT2D eigenvalue weighted by atomic mass is 10.1. The first-order valence-electron chi connectivity index (χ1n) is 8.03. The first-order chi connectivity index (χ1) is 10.8. The zero-order chi connectivity index (χ0) is 17.0. The van der Waals surface area contributed by atoms with Crippen LogP contribution in [0.2, 0.25) is 0 Å². The molecule has 1 heterocycles. The lowest BCUT2D eigenvalue weighted by Gasteiger charge is -2.22. The first kappa shape index (κ1) is 23.5. The molecule has 2 amide bonds. The van der Waals surface area contributed by atoms with E-state index in [4.69, 9.17) is 5.73 Å². The number of nitrogens with two attached hydrogens (primary N) is 1. The Hall–Kier alpha value is -1.50. The highest BCUT2D eigenvalue weighted by atomic mass is 35.5. The van der Waals surface area contributed by atoms with E-state index in [9.17, 15) is 9.59 Å². The molecule has 142 valence electrons. The molecule has 0 saturated carbocycles. The third-order valence-electron chi connectivity index (χ3n) is 3.91. The van der Waals surface area contributed by atoms with E-state index in [0.717, 1.165) is 24.5 Å². The van der Waals surface area contributed by atoms with Gasteiger partial charge in [0.1, 0.15) is 6.04 Å². The molecule has 1 unspecified atom stereocenters. The maximum absolute atomic E-state index is 12.2. The van der Waals surface area contributed by atoms with E-state index in [-0.39, 0.29) is 36.6 Å². The molecule has 0 spiro atoms. The van der Waals surface area contributed by atoms with Crippen LogP contribution in [0.4, 0.5) is 11.4 Å². The Labute approximate surface area is 161 Å². The largest absolute Gasteiger partial charge is 0.371 e. The zero-order valence-electron chi connectivity index (χ0n) is 14.9. The fraction of sp³-hybridized carbons (Fsp3) is 0.529. The van der Waals surface area contributed by atoms with Crippen LogP contribution in [0.15, 0.2) is 24.3 Å². The van der Waals surface area contributed by atoms with Gasteiger partial charge in [-0.2, -0.15) is 0 Å². The van der Waals surface area contributed by atoms with Gasteiger partial charge in [-0.1, -0.05) is 6.07 Å². The monoisotopic (exact) mass is 390 g/mol. The molecule has 1 aliphatic rings. The Kier molecular flexibility index (Phi) is 9.26. The number of halogens is 2. The summed E-state index contributed by atoms with van der Waals surface area (Å²) in [5, 5.41) is 5.46. The number of nitrogens with one attached hydrogen (secondary N) is 2. The predicted octanol–water partition coefficient (Wildman–Crippen LogP) is 2.31. The van der Waals surface area contributed by atoms with Gasteiger partial charge in [-0.3, -0.25) is 9.59 Å². The SMILES string of the molecule is CC(NC(=O)C(C)(C)N)C(=O)Nc1cccc(N2CCCC2)c1.Cl.Cl. The van der Waals surface area contributed by atoms with Crippen molar-refractivity contribution in [3.63, 3.8) is 0 Å². The summed E-state index contributed by atoms with van der Waals surface area (Å²) in [7, 11) is 0. The fourth-order valence-corrected chi connectivity index (χ4v) is 2.45. The van der Waals surface area contributed by atoms with Crippen LogP contribution in [-0.4, -0.2) is 36.5 Å². The molecule has 25 heavy (non-hydrogen) atoms. The van der Waals surface area contributed by atoms with Crippen molar-refractivity contribution in [1.82, 2.24) is 5.32 Å². The number of hydrogen-bond acceptors (Lipinski definition) is 4. The van der Waals surface area contributed by atoms with Gasteiger partial charge in [0.2, 0.25) is 11.8 Å². The normalized spacial score (nSPS) is 14.8. The molecule has 0 radical (unpaired) electrons. The van der Waals surface area contributed by atoms with E-state index in [2.05, 4.69) is 15.5 Å². The van der Waals surface area contributed by atoms with Crippen molar-refractivity contribution in [3.05, 3.63) is 24.3 Å². The Morgan fingerprint density at radius 3 is 2.36 bits per heavy atom. The summed E-state index contributed by atoms with van der Waals surface area (Å²) in [5.74, 6) is -0.618. The summed E-state index contributed by atoms with van der Waals surface area (Å²) < 4.78 is 0. The number of benzene rings is 1. The Bertz CT molecular complexity index is 584. The molecule has 0 aromatic heterocycles. The van der Waals surface area contributed by atoms with Crippen molar-refractivity contribution in [3.8, 4) is 0 Å². The number of hydrogen-bond donors (Lipinski definition) is 3. The van der Waals surface area contributed by atoms with Crippen LogP contribution < -0.4 is 21.3 Å². The smallest absolute Gasteiger partial charge is 0.246 e. The Balaban J connectivity index is 0.00000288. The third-order valence-corrected chi connectivity index (χ3v) is 3.91. The minimum absolute atomic E-state index is 0. The van der Waals surface area contributed by atoms with E-state index in [1.54, 1.807) is 20.8 Å². The molecule has 4 N–H and O–H groups in total. The lowest BCUT2D eigenvalue weighted by molar-refractivity contribution is -0.129. The van der Waals surface area contributed by atoms with Gasteiger partial charge >= 0.3 is 0 Å². The molecule has 1 fully saturated rings. The van der Waals surface area contributed by atoms with Crippen LogP contribution in [0.25, 0.3) is 0 Å². The highest BCUT2D eigenvalue weighted by Crippen LogP contribution is 2.23. The second-order valence-corrected chi connectivity index (χ2v) is 6.65. The Morgan fingerprint density at radius 1 is 1.20 bits per heavy atom. The molecule has 1 aromatic carbocycles. The Morgan fingerprint density at radius 2 is 1.80 bits per heavy atom. The van der Waals surface area contributed by atoms with Crippen molar-refractivity contribution in [2.24, 2.45) is 5.73 Å². The van der Waals surface area contributed by atoms with Crippen LogP contribution in [0, 0.1) is 0 Å². The molecule has 1 aromatic rings. The lowest BCUT2D eigenvalue weighted by Crippen LogP contribution is -2.54. The van der Waals surface area contributed by atoms with Crippen LogP contribution in [-0.2, 0) is 9.59 Å². The first-order valence-corrected chi connectivity index (χ1v) is 8.03. The fourth-order valence-electron chi connectivity index (χ4n) is 2.45. The van der Waals surface area contributed by atoms with E-state index in [0.29, 0.717) is 0 Å². The molecule has 0 aliphatic carbocycles. The third kappa shape index (κ3) is 6.72. The molecule has 1 atom stereocenters. The number of rotatable bonds is 5. The molecular formula is C17H28Cl2N4O2. The van der Waals surface area contributed by atoms with Crippen molar-refractivity contribution < 1.29 is 9.59 Å². The highest BCUT2D eigenvalue weighted by Gasteiger charge is 2.25. The standard InChI is InChI=1S/C17H26N4O2.2ClH/c1-12(19-16(23)17(2,3)18)15(22)20-13-7-6-8-14(11-13)21-9-4-5-10-21;;/h6-8,11-12H,4-5,9-10,18H2,1-3H3,(H,19,23)(H,20,22);2*1H. The maximum atomic E-state index is 12.2. The maximum Gasteiger partial charge on any atom is 0.246 e. The molecule has 6 nitrogen and oxygen atoms in total. The summed E-state index contributed by atoms with van der Waals surface area (Å²) in [6.07, 6.45) is 2.41. The van der Waals surface area contributed by atoms with Gasteiger partial charge in [0, 0.05) is 24.5 Å². The van der Waals surface area contributed by atoms with Crippen molar-refractivity contribution in [2.75, 3.05) is 23.3 Å². The average Bonchev–Trinajstić information content (AvgIpc) is 3.00. The topological polar surface area (TPSA) is 87.5 Å². The predicted molar refractivity (Wildman–Crippen MR) is 107 cm³/mol. The molecule has 2 rings (SSSR count). The second kappa shape index (κ2) is 9.85. The van der Waals surface area contributed by atoms with Crippen molar-refractivity contribution in [2.45, 2.75) is 45.2 Å². The minimum Gasteiger partial charge on any atom is -0.371 e. The van der Waals surface area contributed by atoms with E-state index in [1.165, 1.54) is 12.8 Å². The van der Waals surface area contributed by atoms with Crippen molar-refractivity contribution >= 4 is 48.0 Å². The number of amides is 2. The van der Waals surface area contributed by atoms with Gasteiger partial charge in [0.25, 0.3) is 0 Å². The number of carbonyl (C=O) groups excluding carboxylic acids is 2. The van der Waals surface area contributed by atoms with E-state index in [1.807, 2.05) is 24.3 Å². The van der Waals surface area contributed by atoms with E-state index >= 15 is 0 Å². The van der Waals surface area contributed by atoms with Crippen LogP contribution in [0.3, 0.4) is 0 Å². The van der Waals surface area contributed by atoms with Gasteiger partial charge in [0.05, 0.1) is 5.54 Å². The second-order valence-electron chi connectivity index (χ2n) is 6.65. The molecule has 8 heteroatoms. The van der Waals surface area contributed by atoms with Crippen LogP contribution in [0.1, 0.15) is 33.6 Å². The molecule has 1 aliphatic heterocycles. The quantitative estimate of drug-likeness (QED) is 0.719. The van der Waals surface area contributed by atoms with Crippen molar-refractivity contribution in [1.29, 1.82) is 0 Å². The minimum atomic E-state index is -1.01. The van der Waals surface area contributed by atoms with Gasteiger partial charge in [-0.25, -0.2) is 0 Å². The zero-order valence-corrected chi connectivity index (χ0v) is 16.5. The molecule has 1 saturated heterocycles. The van der Waals surface area contributed by atoms with Gasteiger partial charge in [0.15, 0.2) is 0 Å². The average molecular weight is 391 g/mol. The molecular weight excluding hydrogens is 363 g/mol. The van der Waals surface area contributed by atoms with Crippen LogP contribution in [0.5, 0.6) is 0 Å². The van der Waals surface area contributed by atoms with Gasteiger partial charge in [-0.05, 0) is 51.8 Å². The summed E-state index contributed by atoms with van der Waals surface area (Å²) in [5.41, 5.74) is 6.55. The summed E-state index contributed by atoms with van der Waals surface area (Å²) in [6, 6.07) is 7.13. The van der Waals surface area contributed by atoms with Gasteiger partial charge < -0.3 is 21.3 Å². The summed E-state index contributed by atoms with van der Waals surface area (Å²) in [4.78, 5) is 26.4. The van der Waals surface area contributed by atoms with Gasteiger partial charge in [-0.15, -0.1) is 24.8 Å². The number of nitrogens with zero attached hydrogens (tertiary/aromatic N) is 1. The van der Waals surface area contributed by atoms with Crippen LogP contribution >= 0.6 is 24.8 Å². The number of carbonyl (C=O) groups is 2.